The van der Waals surface area contributed by atoms with Crippen LogP contribution < -0.4 is 11.1 Å². The van der Waals surface area contributed by atoms with Crippen molar-refractivity contribution in [2.75, 3.05) is 7.05 Å². The van der Waals surface area contributed by atoms with Crippen molar-refractivity contribution in [3.8, 4) is 0 Å². The van der Waals surface area contributed by atoms with Gasteiger partial charge in [-0.05, 0) is 19.9 Å². The Kier molecular flexibility index (Phi) is 9.70. The lowest BCUT2D eigenvalue weighted by Gasteiger charge is -2.13. The minimum atomic E-state index is -0.674. The van der Waals surface area contributed by atoms with Crippen LogP contribution in [0.15, 0.2) is 0 Å². The fourth-order valence-electron chi connectivity index (χ4n) is 1.60. The Hall–Kier alpha value is -1.43. The normalized spacial score (nSPS) is 11.9. The van der Waals surface area contributed by atoms with Gasteiger partial charge < -0.3 is 15.8 Å². The Bertz CT molecular complexity index is 305. The van der Waals surface area contributed by atoms with Gasteiger partial charge in [-0.1, -0.05) is 26.2 Å². The number of esters is 2. The van der Waals surface area contributed by atoms with Crippen LogP contribution in [0.5, 0.6) is 0 Å². The van der Waals surface area contributed by atoms with E-state index in [4.69, 9.17) is 10.5 Å². The molecule has 0 unspecified atom stereocenters. The number of amides is 1. The van der Waals surface area contributed by atoms with Crippen molar-refractivity contribution in [1.29, 1.82) is 0 Å². The van der Waals surface area contributed by atoms with Gasteiger partial charge >= 0.3 is 11.9 Å². The van der Waals surface area contributed by atoms with Crippen LogP contribution in [-0.2, 0) is 19.1 Å². The van der Waals surface area contributed by atoms with Gasteiger partial charge in [0.2, 0.25) is 5.91 Å². The molecule has 6 heteroatoms. The molecule has 0 bridgehead atoms. The Morgan fingerprint density at radius 1 is 1.16 bits per heavy atom. The lowest BCUT2D eigenvalue weighted by molar-refractivity contribution is -0.161. The van der Waals surface area contributed by atoms with E-state index >= 15 is 0 Å². The smallest absolute Gasteiger partial charge is 0.330 e. The second kappa shape index (κ2) is 10.5. The summed E-state index contributed by atoms with van der Waals surface area (Å²) >= 11 is 0. The van der Waals surface area contributed by atoms with Gasteiger partial charge in [0.25, 0.3) is 0 Å². The fraction of sp³-hybridized carbons (Fsp3) is 0.769. The molecule has 0 aromatic heterocycles. The molecular formula is C13H24N2O4. The quantitative estimate of drug-likeness (QED) is 0.349. The predicted molar refractivity (Wildman–Crippen MR) is 71.1 cm³/mol. The number of unbranched alkanes of at least 4 members (excludes halogenated alkanes) is 3. The van der Waals surface area contributed by atoms with Crippen LogP contribution in [0.25, 0.3) is 0 Å². The molecule has 6 nitrogen and oxygen atoms in total. The molecule has 110 valence electrons. The van der Waals surface area contributed by atoms with Gasteiger partial charge in [0, 0.05) is 12.8 Å². The molecule has 0 saturated heterocycles. The maximum absolute atomic E-state index is 11.6. The van der Waals surface area contributed by atoms with Gasteiger partial charge in [0.05, 0.1) is 0 Å². The maximum atomic E-state index is 11.6. The van der Waals surface area contributed by atoms with Crippen LogP contribution in [-0.4, -0.2) is 30.9 Å². The molecule has 0 aromatic rings. The Labute approximate surface area is 114 Å². The number of carbonyl (C=O) groups excluding carboxylic acids is 3. The highest BCUT2D eigenvalue weighted by Crippen LogP contribution is 2.05. The summed E-state index contributed by atoms with van der Waals surface area (Å²) in [6.45, 7) is 2.08. The molecule has 3 N–H and O–H groups in total. The second-order valence-electron chi connectivity index (χ2n) is 4.45. The fourth-order valence-corrected chi connectivity index (χ4v) is 1.60. The summed E-state index contributed by atoms with van der Waals surface area (Å²) < 4.78 is 4.72. The molecule has 0 aliphatic carbocycles. The van der Waals surface area contributed by atoms with Crippen molar-refractivity contribution in [2.45, 2.75) is 57.9 Å². The van der Waals surface area contributed by atoms with E-state index in [0.717, 1.165) is 25.7 Å². The third kappa shape index (κ3) is 9.18. The number of hydrogen-bond donors (Lipinski definition) is 2. The minimum Gasteiger partial charge on any atom is -0.392 e. The average molecular weight is 272 g/mol. The van der Waals surface area contributed by atoms with Gasteiger partial charge in [0.1, 0.15) is 6.04 Å². The van der Waals surface area contributed by atoms with Crippen molar-refractivity contribution in [3.63, 3.8) is 0 Å². The third-order valence-electron chi connectivity index (χ3n) is 2.76. The number of carbonyl (C=O) groups is 3. The third-order valence-corrected chi connectivity index (χ3v) is 2.76. The predicted octanol–water partition coefficient (Wildman–Crippen LogP) is 0.880. The van der Waals surface area contributed by atoms with E-state index in [1.54, 1.807) is 7.05 Å². The molecule has 0 rings (SSSR count). The van der Waals surface area contributed by atoms with Crippen molar-refractivity contribution >= 4 is 17.8 Å². The second-order valence-corrected chi connectivity index (χ2v) is 4.45. The number of nitrogens with one attached hydrogen (secondary N) is 1. The van der Waals surface area contributed by atoms with E-state index in [0.29, 0.717) is 0 Å². The molecule has 0 fully saturated rings. The highest BCUT2D eigenvalue weighted by atomic mass is 16.6. The lowest BCUT2D eigenvalue weighted by Crippen LogP contribution is -2.37. The first-order valence-electron chi connectivity index (χ1n) is 6.71. The molecule has 1 atom stereocenters. The molecule has 0 aliphatic heterocycles. The molecule has 0 spiro atoms. The molecule has 19 heavy (non-hydrogen) atoms. The standard InChI is InChI=1S/C13H24N2O4/c1-3-4-5-6-7-12(17)19-13(18)10(15-2)8-9-11(14)16/h10,15H,3-9H2,1-2H3,(H2,14,16)/t10-/m0/s1. The van der Waals surface area contributed by atoms with Crippen LogP contribution >= 0.6 is 0 Å². The van der Waals surface area contributed by atoms with Gasteiger partial charge in [-0.15, -0.1) is 0 Å². The molecule has 0 radical (unpaired) electrons. The Balaban J connectivity index is 3.96. The van der Waals surface area contributed by atoms with Crippen molar-refractivity contribution in [3.05, 3.63) is 0 Å². The summed E-state index contributed by atoms with van der Waals surface area (Å²) in [5, 5.41) is 2.70. The van der Waals surface area contributed by atoms with Gasteiger partial charge in [-0.25, -0.2) is 4.79 Å². The van der Waals surface area contributed by atoms with Crippen LogP contribution in [0.4, 0.5) is 0 Å². The number of nitrogens with two attached hydrogens (primary N) is 1. The summed E-state index contributed by atoms with van der Waals surface area (Å²) in [6, 6.07) is -0.674. The van der Waals surface area contributed by atoms with Crippen LogP contribution in [0.2, 0.25) is 0 Å². The van der Waals surface area contributed by atoms with Gasteiger partial charge in [-0.3, -0.25) is 9.59 Å². The molecule has 0 saturated carbocycles. The summed E-state index contributed by atoms with van der Waals surface area (Å²) in [5.74, 6) is -1.65. The van der Waals surface area contributed by atoms with Crippen molar-refractivity contribution in [1.82, 2.24) is 5.32 Å². The van der Waals surface area contributed by atoms with Crippen LogP contribution in [0, 0.1) is 0 Å². The molecule has 0 heterocycles. The summed E-state index contributed by atoms with van der Waals surface area (Å²) in [4.78, 5) is 33.7. The first kappa shape index (κ1) is 17.6. The van der Waals surface area contributed by atoms with Crippen LogP contribution in [0.3, 0.4) is 0 Å². The molecule has 0 aromatic carbocycles. The highest BCUT2D eigenvalue weighted by Gasteiger charge is 2.21. The van der Waals surface area contributed by atoms with Crippen molar-refractivity contribution < 1.29 is 19.1 Å². The van der Waals surface area contributed by atoms with E-state index in [-0.39, 0.29) is 19.3 Å². The van der Waals surface area contributed by atoms with Crippen LogP contribution in [0.1, 0.15) is 51.9 Å². The average Bonchev–Trinajstić information content (AvgIpc) is 2.35. The van der Waals surface area contributed by atoms with E-state index in [1.807, 2.05) is 0 Å². The molecular weight excluding hydrogens is 248 g/mol. The number of primary amides is 1. The van der Waals surface area contributed by atoms with E-state index in [9.17, 15) is 14.4 Å². The molecule has 0 aliphatic rings. The summed E-state index contributed by atoms with van der Waals surface area (Å²) in [6.07, 6.45) is 4.39. The minimum absolute atomic E-state index is 0.0747. The molecule has 1 amide bonds. The lowest BCUT2D eigenvalue weighted by atomic mass is 10.1. The zero-order valence-corrected chi connectivity index (χ0v) is 11.7. The first-order valence-corrected chi connectivity index (χ1v) is 6.71. The zero-order chi connectivity index (χ0) is 14.7. The Morgan fingerprint density at radius 3 is 2.37 bits per heavy atom. The zero-order valence-electron chi connectivity index (χ0n) is 11.7. The monoisotopic (exact) mass is 272 g/mol. The SMILES string of the molecule is CCCCCCC(=O)OC(=O)[C@H](CCC(N)=O)NC. The number of rotatable bonds is 10. The Morgan fingerprint density at radius 2 is 1.84 bits per heavy atom. The van der Waals surface area contributed by atoms with Crippen molar-refractivity contribution in [2.24, 2.45) is 5.73 Å². The van der Waals surface area contributed by atoms with E-state index in [2.05, 4.69) is 12.2 Å². The van der Waals surface area contributed by atoms with Gasteiger partial charge in [0.15, 0.2) is 0 Å². The van der Waals surface area contributed by atoms with E-state index < -0.39 is 23.9 Å². The maximum Gasteiger partial charge on any atom is 0.330 e. The number of likely N-dealkylation sites (N-methyl/N-ethyl adjacent to an activating group) is 1. The summed E-state index contributed by atoms with van der Waals surface area (Å²) in [7, 11) is 1.57. The highest BCUT2D eigenvalue weighted by molar-refractivity contribution is 5.88. The number of ether oxygens (including phenoxy) is 1. The topological polar surface area (TPSA) is 98.5 Å². The summed E-state index contributed by atoms with van der Waals surface area (Å²) in [5.41, 5.74) is 5.01. The van der Waals surface area contributed by atoms with E-state index in [1.165, 1.54) is 0 Å². The largest absolute Gasteiger partial charge is 0.392 e. The first-order chi connectivity index (χ1) is 9.01. The van der Waals surface area contributed by atoms with Gasteiger partial charge in [-0.2, -0.15) is 0 Å². The number of hydrogen-bond acceptors (Lipinski definition) is 5.